The van der Waals surface area contributed by atoms with E-state index in [0.717, 1.165) is 64.2 Å². The first-order valence-electron chi connectivity index (χ1n) is 17.5. The van der Waals surface area contributed by atoms with E-state index in [9.17, 15) is 20.1 Å². The molecule has 0 unspecified atom stereocenters. The van der Waals surface area contributed by atoms with Gasteiger partial charge in [0.05, 0.1) is 30.5 Å². The molecule has 2 aliphatic heterocycles. The number of unbranched alkanes of at least 4 members (excludes halogenated alkanes) is 16. The van der Waals surface area contributed by atoms with E-state index in [1.54, 1.807) is 0 Å². The second-order valence-corrected chi connectivity index (χ2v) is 13.0. The van der Waals surface area contributed by atoms with Crippen LogP contribution >= 0.6 is 0 Å². The van der Waals surface area contributed by atoms with Gasteiger partial charge in [-0.15, -0.1) is 0 Å². The molecule has 0 aromatic heterocycles. The SMILES string of the molecule is CCCCCCCCCCCC[C@H](O)[C@H]1CC[C@@H]([C@H](O)CCCCCCCCCC[C@H](O)CC2=C[C@@H](C)OC2=O)O1. The molecule has 0 bridgehead atoms. The molecule has 0 amide bonds. The van der Waals surface area contributed by atoms with E-state index in [4.69, 9.17) is 9.47 Å². The number of ether oxygens (including phenoxy) is 2. The largest absolute Gasteiger partial charge is 0.455 e. The fraction of sp³-hybridized carbons (Fsp3) is 0.914. The minimum absolute atomic E-state index is 0.102. The molecule has 0 aromatic rings. The third kappa shape index (κ3) is 16.5. The molecule has 2 aliphatic rings. The summed E-state index contributed by atoms with van der Waals surface area (Å²) in [7, 11) is 0. The molecule has 6 nitrogen and oxygen atoms in total. The van der Waals surface area contributed by atoms with Crippen molar-refractivity contribution in [2.75, 3.05) is 0 Å². The Bertz CT molecular complexity index is 694. The van der Waals surface area contributed by atoms with Crippen molar-refractivity contribution in [3.63, 3.8) is 0 Å². The molecule has 0 spiro atoms. The summed E-state index contributed by atoms with van der Waals surface area (Å²) in [5.74, 6) is -0.280. The highest BCUT2D eigenvalue weighted by atomic mass is 16.5. The van der Waals surface area contributed by atoms with E-state index in [1.807, 2.05) is 13.0 Å². The summed E-state index contributed by atoms with van der Waals surface area (Å²) in [6, 6.07) is 0. The van der Waals surface area contributed by atoms with E-state index >= 15 is 0 Å². The number of carbonyl (C=O) groups excluding carboxylic acids is 1. The van der Waals surface area contributed by atoms with Crippen molar-refractivity contribution in [2.45, 2.75) is 205 Å². The van der Waals surface area contributed by atoms with E-state index in [0.29, 0.717) is 12.0 Å². The number of aliphatic hydroxyl groups excluding tert-OH is 3. The summed E-state index contributed by atoms with van der Waals surface area (Å²) in [4.78, 5) is 11.6. The second-order valence-electron chi connectivity index (χ2n) is 13.0. The predicted molar refractivity (Wildman–Crippen MR) is 167 cm³/mol. The van der Waals surface area contributed by atoms with Crippen LogP contribution in [-0.2, 0) is 14.3 Å². The highest BCUT2D eigenvalue weighted by molar-refractivity contribution is 5.90. The number of carbonyl (C=O) groups is 1. The number of aliphatic hydroxyl groups is 3. The van der Waals surface area contributed by atoms with Gasteiger partial charge in [0.15, 0.2) is 0 Å². The first-order chi connectivity index (χ1) is 19.9. The van der Waals surface area contributed by atoms with Crippen LogP contribution in [0.3, 0.4) is 0 Å². The van der Waals surface area contributed by atoms with Crippen molar-refractivity contribution in [3.05, 3.63) is 11.6 Å². The smallest absolute Gasteiger partial charge is 0.334 e. The summed E-state index contributed by atoms with van der Waals surface area (Å²) in [6.07, 6.45) is 26.7. The minimum atomic E-state index is -0.461. The number of esters is 1. The Morgan fingerprint density at radius 3 is 1.51 bits per heavy atom. The molecule has 3 N–H and O–H groups in total. The van der Waals surface area contributed by atoms with Gasteiger partial charge in [-0.2, -0.15) is 0 Å². The Labute approximate surface area is 251 Å². The lowest BCUT2D eigenvalue weighted by atomic mass is 9.99. The van der Waals surface area contributed by atoms with E-state index in [-0.39, 0.29) is 24.3 Å². The zero-order valence-electron chi connectivity index (χ0n) is 26.6. The second kappa shape index (κ2) is 22.6. The number of cyclic esters (lactones) is 1. The fourth-order valence-corrected chi connectivity index (χ4v) is 6.40. The van der Waals surface area contributed by atoms with E-state index in [1.165, 1.54) is 83.5 Å². The lowest BCUT2D eigenvalue weighted by Gasteiger charge is -2.22. The van der Waals surface area contributed by atoms with Crippen molar-refractivity contribution in [2.24, 2.45) is 0 Å². The van der Waals surface area contributed by atoms with Crippen LogP contribution in [0.25, 0.3) is 0 Å². The van der Waals surface area contributed by atoms with Crippen LogP contribution in [0, 0.1) is 0 Å². The van der Waals surface area contributed by atoms with Gasteiger partial charge in [0.2, 0.25) is 0 Å². The highest BCUT2D eigenvalue weighted by Crippen LogP contribution is 2.28. The van der Waals surface area contributed by atoms with Gasteiger partial charge in [-0.3, -0.25) is 0 Å². The first-order valence-corrected chi connectivity index (χ1v) is 17.5. The van der Waals surface area contributed by atoms with E-state index in [2.05, 4.69) is 6.92 Å². The van der Waals surface area contributed by atoms with Crippen LogP contribution in [0.15, 0.2) is 11.6 Å². The van der Waals surface area contributed by atoms with Crippen molar-refractivity contribution in [3.8, 4) is 0 Å². The average molecular weight is 581 g/mol. The molecule has 0 radical (unpaired) electrons. The number of hydrogen-bond donors (Lipinski definition) is 3. The van der Waals surface area contributed by atoms with Crippen molar-refractivity contribution in [1.29, 1.82) is 0 Å². The van der Waals surface area contributed by atoms with Gasteiger partial charge in [-0.1, -0.05) is 122 Å². The summed E-state index contributed by atoms with van der Waals surface area (Å²) < 4.78 is 11.2. The normalized spacial score (nSPS) is 23.0. The Balaban J connectivity index is 1.37. The Morgan fingerprint density at radius 1 is 0.683 bits per heavy atom. The van der Waals surface area contributed by atoms with Gasteiger partial charge in [-0.05, 0) is 45.1 Å². The number of hydrogen-bond acceptors (Lipinski definition) is 6. The van der Waals surface area contributed by atoms with Gasteiger partial charge < -0.3 is 24.8 Å². The third-order valence-electron chi connectivity index (χ3n) is 9.03. The van der Waals surface area contributed by atoms with Crippen LogP contribution in [0.5, 0.6) is 0 Å². The van der Waals surface area contributed by atoms with Gasteiger partial charge in [0, 0.05) is 12.0 Å². The molecular weight excluding hydrogens is 516 g/mol. The van der Waals surface area contributed by atoms with Crippen LogP contribution in [0.4, 0.5) is 0 Å². The van der Waals surface area contributed by atoms with Gasteiger partial charge >= 0.3 is 5.97 Å². The van der Waals surface area contributed by atoms with Crippen molar-refractivity contribution in [1.82, 2.24) is 0 Å². The lowest BCUT2D eigenvalue weighted by Crippen LogP contribution is -2.31. The van der Waals surface area contributed by atoms with Crippen molar-refractivity contribution < 1.29 is 29.6 Å². The lowest BCUT2D eigenvalue weighted by molar-refractivity contribution is -0.139. The maximum absolute atomic E-state index is 11.6. The van der Waals surface area contributed by atoms with Gasteiger partial charge in [-0.25, -0.2) is 4.79 Å². The molecule has 0 aromatic carbocycles. The maximum atomic E-state index is 11.6. The first kappa shape index (κ1) is 36.2. The van der Waals surface area contributed by atoms with Crippen molar-refractivity contribution >= 4 is 5.97 Å². The topological polar surface area (TPSA) is 96.2 Å². The van der Waals surface area contributed by atoms with Crippen LogP contribution in [0.2, 0.25) is 0 Å². The fourth-order valence-electron chi connectivity index (χ4n) is 6.40. The molecular formula is C35H64O6. The predicted octanol–water partition coefficient (Wildman–Crippen LogP) is 8.09. The van der Waals surface area contributed by atoms with Crippen LogP contribution < -0.4 is 0 Å². The monoisotopic (exact) mass is 580 g/mol. The summed E-state index contributed by atoms with van der Waals surface area (Å²) in [5.41, 5.74) is 0.617. The summed E-state index contributed by atoms with van der Waals surface area (Å²) >= 11 is 0. The molecule has 2 rings (SSSR count). The number of rotatable bonds is 26. The van der Waals surface area contributed by atoms with E-state index < -0.39 is 18.3 Å². The maximum Gasteiger partial charge on any atom is 0.334 e. The molecule has 2 heterocycles. The quantitative estimate of drug-likeness (QED) is 0.0707. The molecule has 6 heteroatoms. The third-order valence-corrected chi connectivity index (χ3v) is 9.03. The zero-order chi connectivity index (χ0) is 29.7. The molecule has 41 heavy (non-hydrogen) atoms. The molecule has 0 saturated carbocycles. The Hall–Kier alpha value is -0.950. The summed E-state index contributed by atoms with van der Waals surface area (Å²) in [6.45, 7) is 4.10. The highest BCUT2D eigenvalue weighted by Gasteiger charge is 2.34. The Morgan fingerprint density at radius 2 is 1.10 bits per heavy atom. The van der Waals surface area contributed by atoms with Crippen LogP contribution in [-0.4, -0.2) is 57.9 Å². The molecule has 6 atom stereocenters. The summed E-state index contributed by atoms with van der Waals surface area (Å²) in [5, 5.41) is 31.4. The minimum Gasteiger partial charge on any atom is -0.455 e. The Kier molecular flexibility index (Phi) is 20.0. The van der Waals surface area contributed by atoms with Crippen LogP contribution in [0.1, 0.15) is 168 Å². The molecule has 1 saturated heterocycles. The molecule has 240 valence electrons. The molecule has 1 fully saturated rings. The van der Waals surface area contributed by atoms with Gasteiger partial charge in [0.25, 0.3) is 0 Å². The standard InChI is InChI=1S/C35H64O6/c1-3-4-5-6-7-8-9-13-16-19-22-31(37)33-24-25-34(41-33)32(38)23-20-17-14-11-10-12-15-18-21-30(36)27-29-26-28(2)40-35(29)39/h26,28,30-34,36-38H,3-25,27H2,1-2H3/t28-,30+,31+,32-,33-,34+/m1/s1. The average Bonchev–Trinajstić information content (AvgIpc) is 3.57. The van der Waals surface area contributed by atoms with Gasteiger partial charge in [0.1, 0.15) is 6.10 Å². The zero-order valence-corrected chi connectivity index (χ0v) is 26.6. The molecule has 0 aliphatic carbocycles.